The normalized spacial score (nSPS) is 13.5. The Kier molecular flexibility index (Phi) is 13.0. The molecular weight excluding hydrogens is 882 g/mol. The van der Waals surface area contributed by atoms with E-state index in [9.17, 15) is 33.6 Å². The van der Waals surface area contributed by atoms with E-state index in [1.807, 2.05) is 48.5 Å². The van der Waals surface area contributed by atoms with E-state index in [0.717, 1.165) is 51.3 Å². The number of amides is 6. The van der Waals surface area contributed by atoms with Crippen molar-refractivity contribution in [3.63, 3.8) is 0 Å². The van der Waals surface area contributed by atoms with Crippen LogP contribution in [0.1, 0.15) is 73.6 Å². The smallest absolute Gasteiger partial charge is 0.407 e. The van der Waals surface area contributed by atoms with Crippen LogP contribution in [0, 0.1) is 5.82 Å². The van der Waals surface area contributed by atoms with Crippen molar-refractivity contribution in [2.45, 2.75) is 44.3 Å². The Labute approximate surface area is 386 Å². The highest BCUT2D eigenvalue weighted by atomic mass is 19.1. The SMILES string of the molecule is COC(=O)[C@H](CCCN1C(=O)c2ccc(NC(=O)[C@H](C)NC(=O)OCC3c4ccccc4-c4ccccc43)cc2C1=O)NC(=O)c1ccc(N(C=O)Cc2cnc3nc(N)nc(N)c3n2)cc1F. The molecule has 0 saturated carbocycles. The summed E-state index contributed by atoms with van der Waals surface area (Å²) in [6.45, 7) is 1.19. The lowest BCUT2D eigenvalue weighted by Gasteiger charge is -2.20. The van der Waals surface area contributed by atoms with Crippen molar-refractivity contribution in [3.05, 3.63) is 130 Å². The highest BCUT2D eigenvalue weighted by Gasteiger charge is 2.36. The van der Waals surface area contributed by atoms with Crippen LogP contribution in [0.4, 0.5) is 32.3 Å². The van der Waals surface area contributed by atoms with Gasteiger partial charge < -0.3 is 41.8 Å². The monoisotopic (exact) mass is 923 g/mol. The van der Waals surface area contributed by atoms with Gasteiger partial charge in [0.1, 0.15) is 24.5 Å². The first-order valence-corrected chi connectivity index (χ1v) is 21.1. The van der Waals surface area contributed by atoms with Gasteiger partial charge in [-0.2, -0.15) is 9.97 Å². The number of anilines is 4. The number of hydrogen-bond donors (Lipinski definition) is 5. The Morgan fingerprint density at radius 1 is 0.882 bits per heavy atom. The number of carbonyl (C=O) groups excluding carboxylic acids is 7. The van der Waals surface area contributed by atoms with Gasteiger partial charge in [-0.05, 0) is 78.4 Å². The molecule has 68 heavy (non-hydrogen) atoms. The molecule has 0 saturated heterocycles. The van der Waals surface area contributed by atoms with Gasteiger partial charge in [0, 0.05) is 23.8 Å². The van der Waals surface area contributed by atoms with Crippen molar-refractivity contribution in [1.29, 1.82) is 0 Å². The number of rotatable bonds is 16. The maximum Gasteiger partial charge on any atom is 0.407 e. The van der Waals surface area contributed by atoms with E-state index in [1.54, 1.807) is 0 Å². The van der Waals surface area contributed by atoms with Crippen LogP contribution in [0.25, 0.3) is 22.3 Å². The number of alkyl carbamates (subject to hydrolysis) is 1. The molecule has 0 unspecified atom stereocenters. The van der Waals surface area contributed by atoms with Gasteiger partial charge in [-0.15, -0.1) is 0 Å². The van der Waals surface area contributed by atoms with Crippen LogP contribution in [0.15, 0.2) is 91.1 Å². The fourth-order valence-corrected chi connectivity index (χ4v) is 8.07. The fourth-order valence-electron chi connectivity index (χ4n) is 8.07. The first kappa shape index (κ1) is 45.7. The molecule has 2 atom stereocenters. The minimum Gasteiger partial charge on any atom is -0.467 e. The molecule has 8 rings (SSSR count). The lowest BCUT2D eigenvalue weighted by molar-refractivity contribution is -0.143. The number of halogens is 1. The van der Waals surface area contributed by atoms with Crippen molar-refractivity contribution in [1.82, 2.24) is 35.5 Å². The average molecular weight is 924 g/mol. The molecular formula is C47H42FN11O9. The van der Waals surface area contributed by atoms with Gasteiger partial charge in [-0.1, -0.05) is 48.5 Å². The number of nitrogens with one attached hydrogen (secondary N) is 3. The molecule has 0 spiro atoms. The first-order chi connectivity index (χ1) is 32.7. The zero-order valence-corrected chi connectivity index (χ0v) is 36.4. The average Bonchev–Trinajstić information content (AvgIpc) is 3.77. The number of nitrogen functional groups attached to an aromatic ring is 2. The van der Waals surface area contributed by atoms with Crippen LogP contribution in [-0.4, -0.2) is 99.3 Å². The topological polar surface area (TPSA) is 284 Å². The number of nitrogens with two attached hydrogens (primary N) is 2. The molecule has 3 heterocycles. The third-order valence-electron chi connectivity index (χ3n) is 11.5. The maximum absolute atomic E-state index is 15.5. The van der Waals surface area contributed by atoms with E-state index in [2.05, 4.69) is 35.9 Å². The summed E-state index contributed by atoms with van der Waals surface area (Å²) in [7, 11) is 1.10. The van der Waals surface area contributed by atoms with Crippen LogP contribution in [-0.2, 0) is 30.4 Å². The van der Waals surface area contributed by atoms with Gasteiger partial charge in [0.05, 0.1) is 42.2 Å². The molecule has 20 nitrogen and oxygen atoms in total. The number of benzene rings is 4. The molecule has 6 aromatic rings. The largest absolute Gasteiger partial charge is 0.467 e. The summed E-state index contributed by atoms with van der Waals surface area (Å²) >= 11 is 0. The van der Waals surface area contributed by atoms with Crippen LogP contribution >= 0.6 is 0 Å². The van der Waals surface area contributed by atoms with Gasteiger partial charge >= 0.3 is 12.1 Å². The molecule has 0 fully saturated rings. The lowest BCUT2D eigenvalue weighted by atomic mass is 9.98. The molecule has 1 aliphatic carbocycles. The zero-order valence-electron chi connectivity index (χ0n) is 36.4. The summed E-state index contributed by atoms with van der Waals surface area (Å²) in [6, 6.07) is 21.0. The van der Waals surface area contributed by atoms with Gasteiger partial charge in [-0.3, -0.25) is 28.9 Å². The molecule has 1 aliphatic heterocycles. The van der Waals surface area contributed by atoms with Crippen molar-refractivity contribution in [3.8, 4) is 11.1 Å². The summed E-state index contributed by atoms with van der Waals surface area (Å²) < 4.78 is 25.9. The molecule has 6 amide bonds. The molecule has 0 radical (unpaired) electrons. The zero-order chi connectivity index (χ0) is 48.2. The minimum atomic E-state index is -1.31. The number of methoxy groups -OCH3 is 1. The number of esters is 1. The van der Waals surface area contributed by atoms with Crippen molar-refractivity contribution in [2.75, 3.05) is 41.9 Å². The van der Waals surface area contributed by atoms with E-state index < -0.39 is 59.2 Å². The predicted octanol–water partition coefficient (Wildman–Crippen LogP) is 4.10. The van der Waals surface area contributed by atoms with Crippen molar-refractivity contribution < 1.29 is 47.4 Å². The predicted molar refractivity (Wildman–Crippen MR) is 243 cm³/mol. The minimum absolute atomic E-state index is 0.0185. The Morgan fingerprint density at radius 3 is 2.28 bits per heavy atom. The number of carbonyl (C=O) groups is 7. The molecule has 7 N–H and O–H groups in total. The summed E-state index contributed by atoms with van der Waals surface area (Å²) in [4.78, 5) is 109. The van der Waals surface area contributed by atoms with Crippen LogP contribution in [0.2, 0.25) is 0 Å². The van der Waals surface area contributed by atoms with E-state index in [-0.39, 0.29) is 89.6 Å². The Balaban J connectivity index is 0.831. The van der Waals surface area contributed by atoms with Crippen molar-refractivity contribution in [2.24, 2.45) is 0 Å². The van der Waals surface area contributed by atoms with Gasteiger partial charge in [0.15, 0.2) is 17.0 Å². The third kappa shape index (κ3) is 9.29. The summed E-state index contributed by atoms with van der Waals surface area (Å²) in [5, 5.41) is 7.62. The number of nitrogens with zero attached hydrogens (tertiary/aromatic N) is 6. The van der Waals surface area contributed by atoms with E-state index in [4.69, 9.17) is 20.9 Å². The number of fused-ring (bicyclic) bond motifs is 5. The Hall–Kier alpha value is -8.88. The molecule has 0 bridgehead atoms. The molecule has 346 valence electrons. The lowest BCUT2D eigenvalue weighted by Crippen LogP contribution is -2.42. The molecule has 4 aromatic carbocycles. The summed E-state index contributed by atoms with van der Waals surface area (Å²) in [6.07, 6.45) is 0.878. The number of hydrogen-bond acceptors (Lipinski definition) is 15. The number of imide groups is 1. The second-order valence-electron chi connectivity index (χ2n) is 15.8. The molecule has 2 aromatic heterocycles. The second-order valence-corrected chi connectivity index (χ2v) is 15.8. The van der Waals surface area contributed by atoms with Crippen LogP contribution < -0.4 is 32.3 Å². The van der Waals surface area contributed by atoms with E-state index >= 15 is 4.39 Å². The van der Waals surface area contributed by atoms with E-state index in [1.165, 1.54) is 37.4 Å². The first-order valence-electron chi connectivity index (χ1n) is 21.1. The van der Waals surface area contributed by atoms with Crippen molar-refractivity contribution >= 4 is 76.4 Å². The Morgan fingerprint density at radius 2 is 1.59 bits per heavy atom. The van der Waals surface area contributed by atoms with Crippen LogP contribution in [0.3, 0.4) is 0 Å². The van der Waals surface area contributed by atoms with Gasteiger partial charge in [0.2, 0.25) is 18.3 Å². The highest BCUT2D eigenvalue weighted by Crippen LogP contribution is 2.44. The second kappa shape index (κ2) is 19.3. The number of ether oxygens (including phenoxy) is 2. The number of aromatic nitrogens is 4. The quantitative estimate of drug-likeness (QED) is 0.0519. The fraction of sp³-hybridized carbons (Fsp3) is 0.213. The van der Waals surface area contributed by atoms with Gasteiger partial charge in [-0.25, -0.2) is 23.9 Å². The van der Waals surface area contributed by atoms with Crippen LogP contribution in [0.5, 0.6) is 0 Å². The standard InChI is InChI=1S/C47H42FN11O9/c1-24(52-47(66)68-22-35-30-10-5-3-8-28(30)29-9-4-6-11-31(29)35)41(61)54-25-13-15-32-34(18-25)44(64)59(43(32)63)17-7-12-37(45(65)67-2)55-42(62)33-16-14-27(19-36(33)48)58(23-60)21-26-20-51-40-38(53-26)39(49)56-46(50)57-40/h3-6,8-11,13-16,18-20,23-24,35,37H,7,12,17,21-22H2,1-2H3,(H,52,66)(H,54,61)(H,55,62)(H4,49,50,51,56,57)/t24-,37-/m0/s1. The van der Waals surface area contributed by atoms with Gasteiger partial charge in [0.25, 0.3) is 17.7 Å². The third-order valence-corrected chi connectivity index (χ3v) is 11.5. The van der Waals surface area contributed by atoms with E-state index in [0.29, 0.717) is 6.41 Å². The summed E-state index contributed by atoms with van der Waals surface area (Å²) in [5.74, 6) is -5.03. The molecule has 2 aliphatic rings. The maximum atomic E-state index is 15.5. The Bertz CT molecular complexity index is 3000. The summed E-state index contributed by atoms with van der Waals surface area (Å²) in [5.41, 5.74) is 16.2. The highest BCUT2D eigenvalue weighted by molar-refractivity contribution is 6.22. The molecule has 21 heteroatoms.